The van der Waals surface area contributed by atoms with Crippen molar-refractivity contribution in [2.24, 2.45) is 5.73 Å². The van der Waals surface area contributed by atoms with Crippen LogP contribution in [0.5, 0.6) is 0 Å². The third-order valence-electron chi connectivity index (χ3n) is 3.12. The predicted molar refractivity (Wildman–Crippen MR) is 76.7 cm³/mol. The molecule has 5 heteroatoms. The van der Waals surface area contributed by atoms with E-state index in [0.29, 0.717) is 17.9 Å². The highest BCUT2D eigenvalue weighted by Crippen LogP contribution is 2.25. The Hall–Kier alpha value is -0.580. The molecule has 102 valence electrons. The molecule has 0 aliphatic heterocycles. The summed E-state index contributed by atoms with van der Waals surface area (Å²) >= 11 is 6.04. The smallest absolute Gasteiger partial charge is 0.150 e. The molecule has 0 aromatic heterocycles. The molecular formula is C13H20ClNO2S. The standard InChI is InChI=1S/C13H20ClNO2S/c1-3-18(16,17)9-5-8-13(15)11-6-4-7-12(14)10(11)2/h4,6-7,13H,3,5,8-9,15H2,1-2H3. The van der Waals surface area contributed by atoms with Crippen LogP contribution in [-0.4, -0.2) is 19.9 Å². The number of nitrogens with two attached hydrogens (primary N) is 1. The number of sulfone groups is 1. The number of benzene rings is 1. The summed E-state index contributed by atoms with van der Waals surface area (Å²) < 4.78 is 22.8. The Kier molecular flexibility index (Phi) is 5.63. The molecule has 3 nitrogen and oxygen atoms in total. The Morgan fingerprint density at radius 3 is 2.67 bits per heavy atom. The SMILES string of the molecule is CCS(=O)(=O)CCCC(N)c1cccc(Cl)c1C. The molecule has 0 bridgehead atoms. The number of hydrogen-bond acceptors (Lipinski definition) is 3. The first-order valence-corrected chi connectivity index (χ1v) is 8.28. The predicted octanol–water partition coefficient (Wildman–Crippen LogP) is 2.86. The van der Waals surface area contributed by atoms with Gasteiger partial charge in [-0.2, -0.15) is 0 Å². The van der Waals surface area contributed by atoms with Gasteiger partial charge in [-0.15, -0.1) is 0 Å². The van der Waals surface area contributed by atoms with Gasteiger partial charge in [0.15, 0.2) is 0 Å². The van der Waals surface area contributed by atoms with Crippen molar-refractivity contribution < 1.29 is 8.42 Å². The summed E-state index contributed by atoms with van der Waals surface area (Å²) in [5.74, 6) is 0.398. The van der Waals surface area contributed by atoms with Crippen LogP contribution in [0, 0.1) is 6.92 Å². The Labute approximate surface area is 114 Å². The van der Waals surface area contributed by atoms with Crippen molar-refractivity contribution in [1.29, 1.82) is 0 Å². The fourth-order valence-corrected chi connectivity index (χ4v) is 2.93. The quantitative estimate of drug-likeness (QED) is 0.876. The molecule has 1 rings (SSSR count). The Balaban J connectivity index is 2.61. The van der Waals surface area contributed by atoms with Crippen LogP contribution < -0.4 is 5.73 Å². The van der Waals surface area contributed by atoms with Crippen molar-refractivity contribution in [2.75, 3.05) is 11.5 Å². The van der Waals surface area contributed by atoms with Crippen LogP contribution in [0.4, 0.5) is 0 Å². The maximum atomic E-state index is 11.4. The van der Waals surface area contributed by atoms with Gasteiger partial charge in [-0.3, -0.25) is 0 Å². The first kappa shape index (κ1) is 15.5. The molecule has 0 saturated carbocycles. The lowest BCUT2D eigenvalue weighted by Gasteiger charge is -2.15. The molecule has 0 aliphatic carbocycles. The maximum Gasteiger partial charge on any atom is 0.150 e. The van der Waals surface area contributed by atoms with E-state index in [1.165, 1.54) is 0 Å². The molecule has 0 amide bonds. The molecule has 0 aliphatic rings. The molecule has 1 aromatic carbocycles. The molecule has 0 heterocycles. The van der Waals surface area contributed by atoms with Crippen LogP contribution in [0.3, 0.4) is 0 Å². The summed E-state index contributed by atoms with van der Waals surface area (Å²) in [5, 5.41) is 0.698. The van der Waals surface area contributed by atoms with Gasteiger partial charge in [0.1, 0.15) is 9.84 Å². The fraction of sp³-hybridized carbons (Fsp3) is 0.538. The Morgan fingerprint density at radius 2 is 2.06 bits per heavy atom. The second-order valence-corrected chi connectivity index (χ2v) is 7.32. The van der Waals surface area contributed by atoms with Crippen molar-refractivity contribution in [2.45, 2.75) is 32.7 Å². The lowest BCUT2D eigenvalue weighted by atomic mass is 9.99. The summed E-state index contributed by atoms with van der Waals surface area (Å²) in [6.07, 6.45) is 1.24. The van der Waals surface area contributed by atoms with E-state index in [1.54, 1.807) is 6.92 Å². The van der Waals surface area contributed by atoms with Gasteiger partial charge in [-0.1, -0.05) is 30.7 Å². The molecule has 18 heavy (non-hydrogen) atoms. The lowest BCUT2D eigenvalue weighted by Crippen LogP contribution is -2.15. The third-order valence-corrected chi connectivity index (χ3v) is 5.32. The van der Waals surface area contributed by atoms with Gasteiger partial charge >= 0.3 is 0 Å². The minimum absolute atomic E-state index is 0.157. The highest BCUT2D eigenvalue weighted by atomic mass is 35.5. The van der Waals surface area contributed by atoms with E-state index in [9.17, 15) is 8.42 Å². The van der Waals surface area contributed by atoms with Gasteiger partial charge in [0.05, 0.1) is 5.75 Å². The molecule has 2 N–H and O–H groups in total. The van der Waals surface area contributed by atoms with Crippen molar-refractivity contribution >= 4 is 21.4 Å². The highest BCUT2D eigenvalue weighted by molar-refractivity contribution is 7.91. The summed E-state index contributed by atoms with van der Waals surface area (Å²) in [6.45, 7) is 3.59. The van der Waals surface area contributed by atoms with Crippen LogP contribution in [0.15, 0.2) is 18.2 Å². The molecular weight excluding hydrogens is 270 g/mol. The van der Waals surface area contributed by atoms with Crippen LogP contribution in [0.1, 0.15) is 36.9 Å². The molecule has 0 saturated heterocycles. The summed E-state index contributed by atoms with van der Waals surface area (Å²) in [7, 11) is -2.90. The average Bonchev–Trinajstić information content (AvgIpc) is 2.32. The van der Waals surface area contributed by atoms with Gasteiger partial charge in [-0.25, -0.2) is 8.42 Å². The normalized spacial score (nSPS) is 13.6. The van der Waals surface area contributed by atoms with Crippen molar-refractivity contribution in [3.63, 3.8) is 0 Å². The zero-order valence-corrected chi connectivity index (χ0v) is 12.4. The summed E-state index contributed by atoms with van der Waals surface area (Å²) in [5.41, 5.74) is 8.06. The Bertz CT molecular complexity index is 500. The highest BCUT2D eigenvalue weighted by Gasteiger charge is 2.13. The molecule has 1 aromatic rings. The van der Waals surface area contributed by atoms with Crippen molar-refractivity contribution in [1.82, 2.24) is 0 Å². The van der Waals surface area contributed by atoms with Crippen LogP contribution in [0.2, 0.25) is 5.02 Å². The average molecular weight is 290 g/mol. The van der Waals surface area contributed by atoms with E-state index in [-0.39, 0.29) is 17.5 Å². The largest absolute Gasteiger partial charge is 0.324 e. The second kappa shape index (κ2) is 6.55. The monoisotopic (exact) mass is 289 g/mol. The number of halogens is 1. The van der Waals surface area contributed by atoms with Gasteiger partial charge in [0.25, 0.3) is 0 Å². The zero-order valence-electron chi connectivity index (χ0n) is 10.8. The van der Waals surface area contributed by atoms with Gasteiger partial charge < -0.3 is 5.73 Å². The van der Waals surface area contributed by atoms with Gasteiger partial charge in [0.2, 0.25) is 0 Å². The van der Waals surface area contributed by atoms with Gasteiger partial charge in [0, 0.05) is 16.8 Å². The zero-order chi connectivity index (χ0) is 13.8. The number of rotatable bonds is 6. The minimum Gasteiger partial charge on any atom is -0.324 e. The van der Waals surface area contributed by atoms with E-state index < -0.39 is 9.84 Å². The van der Waals surface area contributed by atoms with Crippen LogP contribution in [-0.2, 0) is 9.84 Å². The van der Waals surface area contributed by atoms with E-state index >= 15 is 0 Å². The van der Waals surface area contributed by atoms with Gasteiger partial charge in [-0.05, 0) is 37.0 Å². The molecule has 1 unspecified atom stereocenters. The van der Waals surface area contributed by atoms with E-state index in [4.69, 9.17) is 17.3 Å². The van der Waals surface area contributed by atoms with E-state index in [2.05, 4.69) is 0 Å². The Morgan fingerprint density at radius 1 is 1.39 bits per heavy atom. The van der Waals surface area contributed by atoms with Crippen molar-refractivity contribution in [3.05, 3.63) is 34.3 Å². The summed E-state index contributed by atoms with van der Waals surface area (Å²) in [4.78, 5) is 0. The van der Waals surface area contributed by atoms with E-state index in [1.807, 2.05) is 25.1 Å². The third kappa shape index (κ3) is 4.26. The summed E-state index contributed by atoms with van der Waals surface area (Å²) in [6, 6.07) is 5.48. The number of hydrogen-bond donors (Lipinski definition) is 1. The lowest BCUT2D eigenvalue weighted by molar-refractivity contribution is 0.583. The van der Waals surface area contributed by atoms with E-state index in [0.717, 1.165) is 11.1 Å². The maximum absolute atomic E-state index is 11.4. The van der Waals surface area contributed by atoms with Crippen molar-refractivity contribution in [3.8, 4) is 0 Å². The molecule has 1 atom stereocenters. The molecule has 0 fully saturated rings. The second-order valence-electron chi connectivity index (χ2n) is 4.44. The fourth-order valence-electron chi connectivity index (χ4n) is 1.85. The molecule has 0 spiro atoms. The van der Waals surface area contributed by atoms with Crippen LogP contribution >= 0.6 is 11.6 Å². The first-order chi connectivity index (χ1) is 8.37. The van der Waals surface area contributed by atoms with Crippen LogP contribution in [0.25, 0.3) is 0 Å². The molecule has 0 radical (unpaired) electrons. The topological polar surface area (TPSA) is 60.2 Å². The first-order valence-electron chi connectivity index (χ1n) is 6.08. The minimum atomic E-state index is -2.90.